The van der Waals surface area contributed by atoms with Crippen molar-refractivity contribution in [3.8, 4) is 0 Å². The molecule has 0 aliphatic heterocycles. The summed E-state index contributed by atoms with van der Waals surface area (Å²) in [4.78, 5) is 20.0. The van der Waals surface area contributed by atoms with Crippen molar-refractivity contribution in [2.45, 2.75) is 13.5 Å². The van der Waals surface area contributed by atoms with Crippen molar-refractivity contribution in [1.82, 2.24) is 15.3 Å². The highest BCUT2D eigenvalue weighted by Crippen LogP contribution is 1.99. The van der Waals surface area contributed by atoms with Crippen LogP contribution in [0.4, 0.5) is 0 Å². The van der Waals surface area contributed by atoms with Gasteiger partial charge in [0, 0.05) is 11.9 Å². The minimum Gasteiger partial charge on any atom is -0.345 e. The van der Waals surface area contributed by atoms with Gasteiger partial charge in [0.25, 0.3) is 5.91 Å². The summed E-state index contributed by atoms with van der Waals surface area (Å²) in [6.45, 7) is 2.27. The normalized spacial score (nSPS) is 9.94. The summed E-state index contributed by atoms with van der Waals surface area (Å²) < 4.78 is 0. The molecule has 0 aliphatic rings. The maximum atomic E-state index is 11.8. The van der Waals surface area contributed by atoms with Crippen molar-refractivity contribution >= 4 is 5.91 Å². The Kier molecular flexibility index (Phi) is 3.45. The average molecular weight is 227 g/mol. The molecular formula is C13H13N3O. The number of carbonyl (C=O) groups excluding carboxylic acids is 1. The van der Waals surface area contributed by atoms with Crippen LogP contribution < -0.4 is 5.32 Å². The maximum Gasteiger partial charge on any atom is 0.270 e. The van der Waals surface area contributed by atoms with E-state index in [1.54, 1.807) is 12.3 Å². The molecule has 2 aromatic rings. The molecule has 4 heteroatoms. The number of rotatable bonds is 3. The number of hydrogen-bond acceptors (Lipinski definition) is 3. The van der Waals surface area contributed by atoms with Gasteiger partial charge >= 0.3 is 0 Å². The van der Waals surface area contributed by atoms with Crippen LogP contribution in [0, 0.1) is 6.92 Å². The SMILES string of the molecule is Cc1cccc(C(=O)NCc2ccccn2)n1. The first kappa shape index (κ1) is 11.3. The van der Waals surface area contributed by atoms with E-state index in [0.29, 0.717) is 12.2 Å². The van der Waals surface area contributed by atoms with Gasteiger partial charge in [-0.3, -0.25) is 9.78 Å². The number of nitrogens with one attached hydrogen (secondary N) is 1. The lowest BCUT2D eigenvalue weighted by atomic mass is 10.3. The number of carbonyl (C=O) groups is 1. The van der Waals surface area contributed by atoms with Crippen molar-refractivity contribution in [2.24, 2.45) is 0 Å². The molecule has 1 amide bonds. The molecule has 0 unspecified atom stereocenters. The van der Waals surface area contributed by atoms with E-state index >= 15 is 0 Å². The molecule has 17 heavy (non-hydrogen) atoms. The van der Waals surface area contributed by atoms with Gasteiger partial charge in [-0.2, -0.15) is 0 Å². The van der Waals surface area contributed by atoms with Crippen LogP contribution in [0.15, 0.2) is 42.6 Å². The molecule has 0 saturated carbocycles. The van der Waals surface area contributed by atoms with Gasteiger partial charge in [0.2, 0.25) is 0 Å². The third-order valence-corrected chi connectivity index (χ3v) is 2.28. The monoisotopic (exact) mass is 227 g/mol. The molecule has 0 radical (unpaired) electrons. The standard InChI is InChI=1S/C13H13N3O/c1-10-5-4-7-12(16-10)13(17)15-9-11-6-2-3-8-14-11/h2-8H,9H2,1H3,(H,15,17). The Hall–Kier alpha value is -2.23. The summed E-state index contributed by atoms with van der Waals surface area (Å²) in [6.07, 6.45) is 1.70. The van der Waals surface area contributed by atoms with Gasteiger partial charge in [-0.1, -0.05) is 12.1 Å². The first-order valence-electron chi connectivity index (χ1n) is 5.37. The zero-order valence-corrected chi connectivity index (χ0v) is 9.55. The number of aryl methyl sites for hydroxylation is 1. The molecule has 86 valence electrons. The molecule has 1 N–H and O–H groups in total. The highest BCUT2D eigenvalue weighted by Gasteiger charge is 2.06. The van der Waals surface area contributed by atoms with Crippen molar-refractivity contribution in [1.29, 1.82) is 0 Å². The van der Waals surface area contributed by atoms with Crippen molar-refractivity contribution < 1.29 is 4.79 Å². The number of pyridine rings is 2. The van der Waals surface area contributed by atoms with Crippen LogP contribution in [0.25, 0.3) is 0 Å². The van der Waals surface area contributed by atoms with Gasteiger partial charge in [-0.15, -0.1) is 0 Å². The fraction of sp³-hybridized carbons (Fsp3) is 0.154. The predicted molar refractivity (Wildman–Crippen MR) is 64.4 cm³/mol. The second-order valence-electron chi connectivity index (χ2n) is 3.67. The van der Waals surface area contributed by atoms with Gasteiger partial charge in [0.15, 0.2) is 0 Å². The molecule has 2 aromatic heterocycles. The molecule has 0 aromatic carbocycles. The Morgan fingerprint density at radius 2 is 2.12 bits per heavy atom. The van der Waals surface area contributed by atoms with Crippen molar-refractivity contribution in [2.75, 3.05) is 0 Å². The molecule has 0 aliphatic carbocycles. The third kappa shape index (κ3) is 3.11. The van der Waals surface area contributed by atoms with Gasteiger partial charge in [0.1, 0.15) is 5.69 Å². The van der Waals surface area contributed by atoms with E-state index in [4.69, 9.17) is 0 Å². The molecule has 0 atom stereocenters. The third-order valence-electron chi connectivity index (χ3n) is 2.28. The van der Waals surface area contributed by atoms with Crippen LogP contribution in [0.5, 0.6) is 0 Å². The minimum atomic E-state index is -0.181. The quantitative estimate of drug-likeness (QED) is 0.868. The predicted octanol–water partition coefficient (Wildman–Crippen LogP) is 1.72. The van der Waals surface area contributed by atoms with Crippen molar-refractivity contribution in [3.63, 3.8) is 0 Å². The maximum absolute atomic E-state index is 11.8. The fourth-order valence-corrected chi connectivity index (χ4v) is 1.43. The molecule has 4 nitrogen and oxygen atoms in total. The molecule has 0 saturated heterocycles. The topological polar surface area (TPSA) is 54.9 Å². The molecule has 2 heterocycles. The zero-order chi connectivity index (χ0) is 12.1. The van der Waals surface area contributed by atoms with E-state index in [9.17, 15) is 4.79 Å². The Morgan fingerprint density at radius 1 is 1.24 bits per heavy atom. The highest BCUT2D eigenvalue weighted by molar-refractivity contribution is 5.92. The number of nitrogens with zero attached hydrogens (tertiary/aromatic N) is 2. The van der Waals surface area contributed by atoms with Crippen LogP contribution in [-0.4, -0.2) is 15.9 Å². The average Bonchev–Trinajstić information content (AvgIpc) is 2.37. The molecule has 0 bridgehead atoms. The first-order chi connectivity index (χ1) is 8.25. The lowest BCUT2D eigenvalue weighted by molar-refractivity contribution is 0.0945. The molecular weight excluding hydrogens is 214 g/mol. The molecule has 0 fully saturated rings. The highest BCUT2D eigenvalue weighted by atomic mass is 16.1. The largest absolute Gasteiger partial charge is 0.345 e. The van der Waals surface area contributed by atoms with Gasteiger partial charge in [-0.25, -0.2) is 4.98 Å². The summed E-state index contributed by atoms with van der Waals surface area (Å²) in [6, 6.07) is 11.0. The summed E-state index contributed by atoms with van der Waals surface area (Å²) in [5.41, 5.74) is 2.09. The zero-order valence-electron chi connectivity index (χ0n) is 9.55. The summed E-state index contributed by atoms with van der Waals surface area (Å²) in [5.74, 6) is -0.181. The van der Waals surface area contributed by atoms with Gasteiger partial charge < -0.3 is 5.32 Å². The number of aromatic nitrogens is 2. The molecule has 0 spiro atoms. The lowest BCUT2D eigenvalue weighted by Crippen LogP contribution is -2.24. The summed E-state index contributed by atoms with van der Waals surface area (Å²) in [7, 11) is 0. The van der Waals surface area contributed by atoms with Crippen LogP contribution in [0.2, 0.25) is 0 Å². The fourth-order valence-electron chi connectivity index (χ4n) is 1.43. The number of hydrogen-bond donors (Lipinski definition) is 1. The van der Waals surface area contributed by atoms with E-state index in [1.165, 1.54) is 0 Å². The van der Waals surface area contributed by atoms with Crippen LogP contribution in [0.1, 0.15) is 21.9 Å². The Labute approximate surface area is 99.7 Å². The second kappa shape index (κ2) is 5.21. The first-order valence-corrected chi connectivity index (χ1v) is 5.37. The Morgan fingerprint density at radius 3 is 2.82 bits per heavy atom. The Balaban J connectivity index is 1.98. The summed E-state index contributed by atoms with van der Waals surface area (Å²) in [5, 5.41) is 2.78. The van der Waals surface area contributed by atoms with E-state index in [1.807, 2.05) is 37.3 Å². The van der Waals surface area contributed by atoms with Crippen molar-refractivity contribution in [3.05, 3.63) is 59.7 Å². The van der Waals surface area contributed by atoms with E-state index in [2.05, 4.69) is 15.3 Å². The van der Waals surface area contributed by atoms with Gasteiger partial charge in [-0.05, 0) is 31.2 Å². The van der Waals surface area contributed by atoms with Gasteiger partial charge in [0.05, 0.1) is 12.2 Å². The van der Waals surface area contributed by atoms with E-state index in [-0.39, 0.29) is 5.91 Å². The minimum absolute atomic E-state index is 0.181. The Bertz CT molecular complexity index is 511. The van der Waals surface area contributed by atoms with Crippen LogP contribution in [0.3, 0.4) is 0 Å². The number of amides is 1. The molecule has 2 rings (SSSR count). The van der Waals surface area contributed by atoms with E-state index in [0.717, 1.165) is 11.4 Å². The van der Waals surface area contributed by atoms with Crippen LogP contribution in [-0.2, 0) is 6.54 Å². The van der Waals surface area contributed by atoms with Crippen LogP contribution >= 0.6 is 0 Å². The lowest BCUT2D eigenvalue weighted by Gasteiger charge is -2.04. The summed E-state index contributed by atoms with van der Waals surface area (Å²) >= 11 is 0. The van der Waals surface area contributed by atoms with E-state index < -0.39 is 0 Å². The smallest absolute Gasteiger partial charge is 0.270 e. The second-order valence-corrected chi connectivity index (χ2v) is 3.67.